The highest BCUT2D eigenvalue weighted by Gasteiger charge is 2.37. The van der Waals surface area contributed by atoms with Crippen molar-refractivity contribution in [2.75, 3.05) is 6.54 Å². The summed E-state index contributed by atoms with van der Waals surface area (Å²) in [6.07, 6.45) is 0. The zero-order valence-corrected chi connectivity index (χ0v) is 18.2. The molecule has 0 fully saturated rings. The summed E-state index contributed by atoms with van der Waals surface area (Å²) in [4.78, 5) is 22.9. The van der Waals surface area contributed by atoms with Gasteiger partial charge in [0.15, 0.2) is 14.1 Å². The molecule has 0 unspecified atom stereocenters. The van der Waals surface area contributed by atoms with E-state index in [1.165, 1.54) is 12.1 Å². The third-order valence-electron chi connectivity index (χ3n) is 5.30. The molecule has 0 aliphatic carbocycles. The first-order chi connectivity index (χ1) is 13.3. The van der Waals surface area contributed by atoms with Crippen LogP contribution in [0.3, 0.4) is 0 Å². The van der Waals surface area contributed by atoms with Crippen LogP contribution in [0.5, 0.6) is 5.75 Å². The van der Waals surface area contributed by atoms with Crippen molar-refractivity contribution >= 4 is 8.32 Å². The summed E-state index contributed by atoms with van der Waals surface area (Å²) in [5.41, 5.74) is -0.362. The van der Waals surface area contributed by atoms with Crippen LogP contribution in [0, 0.1) is 15.9 Å². The van der Waals surface area contributed by atoms with E-state index in [-0.39, 0.29) is 23.2 Å². The topological polar surface area (TPSA) is 103 Å². The minimum absolute atomic E-state index is 0.00755. The third-order valence-corrected chi connectivity index (χ3v) is 9.78. The van der Waals surface area contributed by atoms with E-state index in [9.17, 15) is 24.4 Å². The average molecular weight is 424 g/mol. The summed E-state index contributed by atoms with van der Waals surface area (Å²) in [6.45, 7) is 9.67. The molecule has 2 rings (SSSR count). The number of benzene rings is 1. The average Bonchev–Trinajstić information content (AvgIpc) is 2.60. The van der Waals surface area contributed by atoms with Gasteiger partial charge in [0.1, 0.15) is 17.5 Å². The van der Waals surface area contributed by atoms with E-state index < -0.39 is 42.7 Å². The van der Waals surface area contributed by atoms with Gasteiger partial charge in [-0.05, 0) is 35.8 Å². The van der Waals surface area contributed by atoms with Crippen molar-refractivity contribution in [2.45, 2.75) is 51.4 Å². The number of aromatic hydroxyl groups is 1. The van der Waals surface area contributed by atoms with Crippen molar-refractivity contribution < 1.29 is 23.3 Å². The van der Waals surface area contributed by atoms with Gasteiger partial charge in [-0.25, -0.2) is 4.39 Å². The molecule has 2 aromatic rings. The second-order valence-corrected chi connectivity index (χ2v) is 13.3. The molecule has 1 atom stereocenters. The number of nitrogens with zero attached hydrogens (tertiary/aromatic N) is 1. The van der Waals surface area contributed by atoms with Crippen molar-refractivity contribution in [3.05, 3.63) is 73.6 Å². The Labute approximate surface area is 169 Å². The molecule has 29 heavy (non-hydrogen) atoms. The lowest BCUT2D eigenvalue weighted by atomic mass is 9.95. The van der Waals surface area contributed by atoms with Crippen LogP contribution in [0.15, 0.2) is 39.5 Å². The lowest BCUT2D eigenvalue weighted by Gasteiger charge is -2.35. The van der Waals surface area contributed by atoms with Crippen molar-refractivity contribution in [1.29, 1.82) is 0 Å². The minimum Gasteiger partial charge on any atom is -0.502 e. The smallest absolute Gasteiger partial charge is 0.227 e. The maximum absolute atomic E-state index is 13.3. The predicted molar refractivity (Wildman–Crippen MR) is 109 cm³/mol. The van der Waals surface area contributed by atoms with Gasteiger partial charge >= 0.3 is 0 Å². The Balaban J connectivity index is 2.45. The fourth-order valence-electron chi connectivity index (χ4n) is 2.51. The molecular weight excluding hydrogens is 397 g/mol. The van der Waals surface area contributed by atoms with Crippen molar-refractivity contribution in [3.63, 3.8) is 0 Å². The van der Waals surface area contributed by atoms with Gasteiger partial charge in [-0.3, -0.25) is 14.9 Å². The molecule has 1 heterocycles. The van der Waals surface area contributed by atoms with Crippen LogP contribution in [0.1, 0.15) is 43.8 Å². The molecule has 158 valence electrons. The van der Waals surface area contributed by atoms with Crippen LogP contribution < -0.4 is 5.43 Å². The number of nitro groups is 1. The molecule has 1 aromatic carbocycles. The highest BCUT2D eigenvalue weighted by atomic mass is 28.4. The molecular formula is C20H26FNO6Si. The van der Waals surface area contributed by atoms with Crippen LogP contribution >= 0.6 is 0 Å². The van der Waals surface area contributed by atoms with Gasteiger partial charge in [-0.1, -0.05) is 32.9 Å². The Morgan fingerprint density at radius 3 is 2.38 bits per heavy atom. The fraction of sp³-hybridized carbons (Fsp3) is 0.450. The molecule has 0 spiro atoms. The van der Waals surface area contributed by atoms with Gasteiger partial charge in [0.2, 0.25) is 17.7 Å². The Morgan fingerprint density at radius 1 is 1.28 bits per heavy atom. The first kappa shape index (κ1) is 22.8. The molecule has 9 heteroatoms. The molecule has 0 amide bonds. The quantitative estimate of drug-likeness (QED) is 0.402. The third kappa shape index (κ3) is 5.51. The van der Waals surface area contributed by atoms with Crippen LogP contribution in [0.2, 0.25) is 18.1 Å². The zero-order chi connectivity index (χ0) is 22.0. The highest BCUT2D eigenvalue weighted by molar-refractivity contribution is 6.74. The van der Waals surface area contributed by atoms with Gasteiger partial charge in [0.05, 0.1) is 6.61 Å². The van der Waals surface area contributed by atoms with E-state index in [0.29, 0.717) is 5.56 Å². The number of halogens is 1. The lowest BCUT2D eigenvalue weighted by molar-refractivity contribution is -0.482. The van der Waals surface area contributed by atoms with Crippen LogP contribution in [0.4, 0.5) is 4.39 Å². The van der Waals surface area contributed by atoms with E-state index in [1.54, 1.807) is 0 Å². The van der Waals surface area contributed by atoms with Gasteiger partial charge in [0.25, 0.3) is 0 Å². The standard InChI is InChI=1S/C20H26FNO6Si/c1-20(2,3)29(4,5)27-12-15-10-17(23)18(24)19(28-15)16(11-22(25)26)13-6-8-14(21)9-7-13/h6-10,16,24H,11-12H2,1-5H3/t16-/m1/s1. The fourth-order valence-corrected chi connectivity index (χ4v) is 3.45. The molecule has 0 saturated carbocycles. The van der Waals surface area contributed by atoms with E-state index in [1.807, 2.05) is 13.1 Å². The lowest BCUT2D eigenvalue weighted by Crippen LogP contribution is -2.40. The molecule has 1 aromatic heterocycles. The first-order valence-electron chi connectivity index (χ1n) is 9.19. The van der Waals surface area contributed by atoms with E-state index in [0.717, 1.165) is 18.2 Å². The summed E-state index contributed by atoms with van der Waals surface area (Å²) >= 11 is 0. The summed E-state index contributed by atoms with van der Waals surface area (Å²) in [6, 6.07) is 6.16. The molecule has 0 aliphatic heterocycles. The molecule has 0 saturated heterocycles. The molecule has 0 radical (unpaired) electrons. The summed E-state index contributed by atoms with van der Waals surface area (Å²) in [5, 5.41) is 21.4. The van der Waals surface area contributed by atoms with Crippen LogP contribution in [-0.2, 0) is 11.0 Å². The minimum atomic E-state index is -2.13. The number of hydrogen-bond donors (Lipinski definition) is 1. The van der Waals surface area contributed by atoms with Crippen molar-refractivity contribution in [3.8, 4) is 5.75 Å². The molecule has 0 bridgehead atoms. The maximum atomic E-state index is 13.3. The number of rotatable bonds is 7. The van der Waals surface area contributed by atoms with Gasteiger partial charge in [-0.2, -0.15) is 0 Å². The normalized spacial score (nSPS) is 13.3. The van der Waals surface area contributed by atoms with Gasteiger partial charge in [-0.15, -0.1) is 0 Å². The van der Waals surface area contributed by atoms with E-state index >= 15 is 0 Å². The molecule has 7 nitrogen and oxygen atoms in total. The largest absolute Gasteiger partial charge is 0.502 e. The van der Waals surface area contributed by atoms with Crippen LogP contribution in [0.25, 0.3) is 0 Å². The SMILES string of the molecule is CC(C)(C)[Si](C)(C)OCc1cc(=O)c(O)c([C@H](C[N+](=O)[O-])c2ccc(F)cc2)o1. The highest BCUT2D eigenvalue weighted by Crippen LogP contribution is 2.37. The second-order valence-electron chi connectivity index (χ2n) is 8.46. The first-order valence-corrected chi connectivity index (χ1v) is 12.1. The van der Waals surface area contributed by atoms with Crippen LogP contribution in [-0.4, -0.2) is 24.9 Å². The maximum Gasteiger partial charge on any atom is 0.227 e. The summed E-state index contributed by atoms with van der Waals surface area (Å²) in [7, 11) is -2.13. The van der Waals surface area contributed by atoms with Gasteiger partial charge < -0.3 is 13.9 Å². The Bertz CT molecular complexity index is 933. The monoisotopic (exact) mass is 423 g/mol. The second kappa shape index (κ2) is 8.46. The summed E-state index contributed by atoms with van der Waals surface area (Å²) in [5.74, 6) is -2.31. The molecule has 0 aliphatic rings. The number of hydrogen-bond acceptors (Lipinski definition) is 6. The van der Waals surface area contributed by atoms with E-state index in [2.05, 4.69) is 20.8 Å². The Hall–Kier alpha value is -2.52. The summed E-state index contributed by atoms with van der Waals surface area (Å²) < 4.78 is 25.0. The van der Waals surface area contributed by atoms with Gasteiger partial charge in [0, 0.05) is 11.0 Å². The Morgan fingerprint density at radius 2 is 1.86 bits per heavy atom. The predicted octanol–water partition coefficient (Wildman–Crippen LogP) is 4.41. The van der Waals surface area contributed by atoms with E-state index in [4.69, 9.17) is 8.84 Å². The molecule has 1 N–H and O–H groups in total. The van der Waals surface area contributed by atoms with Crippen molar-refractivity contribution in [1.82, 2.24) is 0 Å². The zero-order valence-electron chi connectivity index (χ0n) is 17.2. The Kier molecular flexibility index (Phi) is 6.64. The van der Waals surface area contributed by atoms with Crippen molar-refractivity contribution in [2.24, 2.45) is 0 Å².